The first-order valence-electron chi connectivity index (χ1n) is 9.03. The van der Waals surface area contributed by atoms with Crippen molar-refractivity contribution in [3.8, 4) is 11.5 Å². The number of aryl methyl sites for hydroxylation is 1. The van der Waals surface area contributed by atoms with Crippen LogP contribution in [-0.2, 0) is 6.54 Å². The predicted octanol–water partition coefficient (Wildman–Crippen LogP) is 3.37. The van der Waals surface area contributed by atoms with Crippen LogP contribution in [0, 0.1) is 12.8 Å². The van der Waals surface area contributed by atoms with Gasteiger partial charge in [0.25, 0.3) is 0 Å². The van der Waals surface area contributed by atoms with Crippen molar-refractivity contribution < 1.29 is 4.42 Å². The van der Waals surface area contributed by atoms with Crippen molar-refractivity contribution in [2.24, 2.45) is 5.92 Å². The van der Waals surface area contributed by atoms with Gasteiger partial charge in [0.15, 0.2) is 0 Å². The number of anilines is 1. The minimum atomic E-state index is 0.587. The average molecular weight is 349 g/mol. The molecule has 0 aliphatic carbocycles. The monoisotopic (exact) mass is 349 g/mol. The summed E-state index contributed by atoms with van der Waals surface area (Å²) < 4.78 is 5.82. The van der Waals surface area contributed by atoms with E-state index in [4.69, 9.17) is 4.42 Å². The molecule has 134 valence electrons. The fraction of sp³-hybridized carbons (Fsp3) is 0.350. The van der Waals surface area contributed by atoms with Crippen LogP contribution in [0.25, 0.3) is 11.5 Å². The van der Waals surface area contributed by atoms with E-state index in [2.05, 4.69) is 38.4 Å². The third-order valence-electron chi connectivity index (χ3n) is 4.70. The molecule has 1 atom stereocenters. The minimum absolute atomic E-state index is 0.587. The van der Waals surface area contributed by atoms with Gasteiger partial charge in [-0.15, -0.1) is 10.2 Å². The Morgan fingerprint density at radius 1 is 1.19 bits per heavy atom. The van der Waals surface area contributed by atoms with E-state index in [1.807, 2.05) is 42.6 Å². The van der Waals surface area contributed by atoms with Gasteiger partial charge in [0.05, 0.1) is 6.54 Å². The predicted molar refractivity (Wildman–Crippen MR) is 101 cm³/mol. The lowest BCUT2D eigenvalue weighted by Crippen LogP contribution is -2.23. The average Bonchev–Trinajstić information content (AvgIpc) is 3.31. The fourth-order valence-electron chi connectivity index (χ4n) is 3.31. The normalized spacial score (nSPS) is 17.5. The van der Waals surface area contributed by atoms with Crippen LogP contribution in [0.3, 0.4) is 0 Å². The van der Waals surface area contributed by atoms with Crippen LogP contribution >= 0.6 is 0 Å². The van der Waals surface area contributed by atoms with Crippen molar-refractivity contribution in [3.05, 3.63) is 60.1 Å². The number of aromatic nitrogens is 3. The second kappa shape index (κ2) is 7.66. The molecule has 1 aliphatic rings. The number of likely N-dealkylation sites (tertiary alicyclic amines) is 1. The first-order chi connectivity index (χ1) is 12.8. The van der Waals surface area contributed by atoms with E-state index in [0.29, 0.717) is 24.2 Å². The summed E-state index contributed by atoms with van der Waals surface area (Å²) in [4.78, 5) is 6.73. The smallest absolute Gasteiger partial charge is 0.247 e. The molecule has 4 rings (SSSR count). The molecule has 1 aromatic carbocycles. The molecule has 1 aliphatic heterocycles. The summed E-state index contributed by atoms with van der Waals surface area (Å²) in [6.45, 7) is 5.81. The van der Waals surface area contributed by atoms with E-state index in [0.717, 1.165) is 31.0 Å². The van der Waals surface area contributed by atoms with Crippen LogP contribution in [0.1, 0.15) is 17.9 Å². The van der Waals surface area contributed by atoms with Gasteiger partial charge in [0, 0.05) is 24.8 Å². The molecule has 0 spiro atoms. The SMILES string of the molecule is Cc1ccnc(NC[C@@H]2CCN(Cc3nnc(-c4ccccc4)o3)C2)c1. The van der Waals surface area contributed by atoms with Crippen molar-refractivity contribution in [1.29, 1.82) is 0 Å². The van der Waals surface area contributed by atoms with Gasteiger partial charge in [-0.2, -0.15) is 0 Å². The Balaban J connectivity index is 1.29. The van der Waals surface area contributed by atoms with Crippen molar-refractivity contribution >= 4 is 5.82 Å². The standard InChI is InChI=1S/C20H23N5O/c1-15-7-9-21-18(11-15)22-12-16-8-10-25(13-16)14-19-23-24-20(26-19)17-5-3-2-4-6-17/h2-7,9,11,16H,8,10,12-14H2,1H3,(H,21,22)/t16-/m0/s1. The van der Waals surface area contributed by atoms with Crippen LogP contribution in [-0.4, -0.2) is 39.7 Å². The summed E-state index contributed by atoms with van der Waals surface area (Å²) in [6, 6.07) is 14.0. The molecule has 26 heavy (non-hydrogen) atoms. The van der Waals surface area contributed by atoms with Gasteiger partial charge in [0.2, 0.25) is 11.8 Å². The Hall–Kier alpha value is -2.73. The molecular weight excluding hydrogens is 326 g/mol. The molecule has 0 radical (unpaired) electrons. The van der Waals surface area contributed by atoms with Gasteiger partial charge in [-0.1, -0.05) is 18.2 Å². The summed E-state index contributed by atoms with van der Waals surface area (Å²) >= 11 is 0. The van der Waals surface area contributed by atoms with Crippen molar-refractivity contribution in [1.82, 2.24) is 20.1 Å². The Bertz CT molecular complexity index is 848. The van der Waals surface area contributed by atoms with E-state index >= 15 is 0 Å². The highest BCUT2D eigenvalue weighted by molar-refractivity contribution is 5.51. The number of pyridine rings is 1. The number of hydrogen-bond donors (Lipinski definition) is 1. The summed E-state index contributed by atoms with van der Waals surface area (Å²) in [5.74, 6) is 2.82. The number of nitrogens with zero attached hydrogens (tertiary/aromatic N) is 4. The molecule has 0 unspecified atom stereocenters. The van der Waals surface area contributed by atoms with Crippen molar-refractivity contribution in [3.63, 3.8) is 0 Å². The molecule has 0 saturated carbocycles. The largest absolute Gasteiger partial charge is 0.419 e. The lowest BCUT2D eigenvalue weighted by Gasteiger charge is -2.14. The van der Waals surface area contributed by atoms with E-state index < -0.39 is 0 Å². The maximum atomic E-state index is 5.82. The maximum Gasteiger partial charge on any atom is 0.247 e. The third-order valence-corrected chi connectivity index (χ3v) is 4.70. The topological polar surface area (TPSA) is 67.1 Å². The third kappa shape index (κ3) is 4.08. The first kappa shape index (κ1) is 16.7. The highest BCUT2D eigenvalue weighted by Crippen LogP contribution is 2.21. The summed E-state index contributed by atoms with van der Waals surface area (Å²) in [5.41, 5.74) is 2.18. The first-order valence-corrected chi connectivity index (χ1v) is 9.03. The number of benzene rings is 1. The van der Waals surface area contributed by atoms with E-state index in [1.54, 1.807) is 0 Å². The van der Waals surface area contributed by atoms with Crippen LogP contribution in [0.15, 0.2) is 53.1 Å². The van der Waals surface area contributed by atoms with Crippen LogP contribution in [0.2, 0.25) is 0 Å². The lowest BCUT2D eigenvalue weighted by molar-refractivity contribution is 0.283. The molecule has 1 N–H and O–H groups in total. The van der Waals surface area contributed by atoms with Crippen LogP contribution < -0.4 is 5.32 Å². The maximum absolute atomic E-state index is 5.82. The molecule has 6 heteroatoms. The number of hydrogen-bond acceptors (Lipinski definition) is 6. The summed E-state index contributed by atoms with van der Waals surface area (Å²) in [7, 11) is 0. The Morgan fingerprint density at radius 3 is 2.92 bits per heavy atom. The summed E-state index contributed by atoms with van der Waals surface area (Å²) in [5, 5.41) is 11.8. The number of nitrogens with one attached hydrogen (secondary N) is 1. The number of rotatable bonds is 6. The lowest BCUT2D eigenvalue weighted by atomic mass is 10.1. The molecule has 0 amide bonds. The van der Waals surface area contributed by atoms with E-state index in [9.17, 15) is 0 Å². The van der Waals surface area contributed by atoms with Gasteiger partial charge in [-0.25, -0.2) is 4.98 Å². The zero-order chi connectivity index (χ0) is 17.8. The molecule has 1 fully saturated rings. The Kier molecular flexibility index (Phi) is 4.93. The zero-order valence-electron chi connectivity index (χ0n) is 14.9. The van der Waals surface area contributed by atoms with Crippen molar-refractivity contribution in [2.45, 2.75) is 19.9 Å². The van der Waals surface area contributed by atoms with E-state index in [1.165, 1.54) is 12.0 Å². The fourth-order valence-corrected chi connectivity index (χ4v) is 3.31. The molecule has 1 saturated heterocycles. The van der Waals surface area contributed by atoms with Gasteiger partial charge in [-0.3, -0.25) is 4.90 Å². The molecule has 2 aromatic heterocycles. The molecule has 3 heterocycles. The Labute approximate surface area is 153 Å². The molecule has 3 aromatic rings. The van der Waals surface area contributed by atoms with Crippen LogP contribution in [0.5, 0.6) is 0 Å². The molecule has 0 bridgehead atoms. The minimum Gasteiger partial charge on any atom is -0.419 e. The molecular formula is C20H23N5O. The zero-order valence-corrected chi connectivity index (χ0v) is 14.9. The molecule has 6 nitrogen and oxygen atoms in total. The highest BCUT2D eigenvalue weighted by Gasteiger charge is 2.24. The van der Waals surface area contributed by atoms with Gasteiger partial charge < -0.3 is 9.73 Å². The second-order valence-electron chi connectivity index (χ2n) is 6.86. The van der Waals surface area contributed by atoms with Crippen molar-refractivity contribution in [2.75, 3.05) is 25.0 Å². The second-order valence-corrected chi connectivity index (χ2v) is 6.86. The Morgan fingerprint density at radius 2 is 2.08 bits per heavy atom. The van der Waals surface area contributed by atoms with Crippen LogP contribution in [0.4, 0.5) is 5.82 Å². The van der Waals surface area contributed by atoms with E-state index in [-0.39, 0.29) is 0 Å². The quantitative estimate of drug-likeness (QED) is 0.736. The van der Waals surface area contributed by atoms with Gasteiger partial charge in [0.1, 0.15) is 5.82 Å². The van der Waals surface area contributed by atoms with Gasteiger partial charge in [-0.05, 0) is 55.6 Å². The highest BCUT2D eigenvalue weighted by atomic mass is 16.4. The summed E-state index contributed by atoms with van der Waals surface area (Å²) in [6.07, 6.45) is 3.01. The van der Waals surface area contributed by atoms with Gasteiger partial charge >= 0.3 is 0 Å².